The monoisotopic (exact) mass is 250 g/mol. The Morgan fingerprint density at radius 3 is 2.81 bits per heavy atom. The number of hydrogen-bond donors (Lipinski definition) is 0. The van der Waals surface area contributed by atoms with Crippen molar-refractivity contribution in [3.63, 3.8) is 0 Å². The van der Waals surface area contributed by atoms with E-state index in [4.69, 9.17) is 21.6 Å². The number of methoxy groups -OCH3 is 1. The molecule has 1 aromatic carbocycles. The number of thiazole rings is 1. The Morgan fingerprint density at radius 2 is 2.19 bits per heavy atom. The van der Waals surface area contributed by atoms with Crippen molar-refractivity contribution in [2.45, 2.75) is 0 Å². The molecule has 0 bridgehead atoms. The van der Waals surface area contributed by atoms with E-state index in [9.17, 15) is 0 Å². The van der Waals surface area contributed by atoms with Crippen LogP contribution in [0, 0.1) is 11.3 Å². The summed E-state index contributed by atoms with van der Waals surface area (Å²) in [6.45, 7) is 0. The van der Waals surface area contributed by atoms with Gasteiger partial charge in [0.15, 0.2) is 5.69 Å². The third-order valence-electron chi connectivity index (χ3n) is 2.03. The quantitative estimate of drug-likeness (QED) is 0.821. The number of rotatable bonds is 2. The Hall–Kier alpha value is -1.57. The van der Waals surface area contributed by atoms with Gasteiger partial charge in [0.1, 0.15) is 21.2 Å². The summed E-state index contributed by atoms with van der Waals surface area (Å²) < 4.78 is 5.63. The van der Waals surface area contributed by atoms with Crippen LogP contribution in [0.3, 0.4) is 0 Å². The van der Waals surface area contributed by atoms with Crippen LogP contribution < -0.4 is 4.74 Å². The minimum absolute atomic E-state index is 0.257. The van der Waals surface area contributed by atoms with E-state index in [-0.39, 0.29) is 5.69 Å². The Kier molecular flexibility index (Phi) is 3.09. The number of nitriles is 1. The van der Waals surface area contributed by atoms with Gasteiger partial charge in [0.2, 0.25) is 0 Å². The summed E-state index contributed by atoms with van der Waals surface area (Å²) in [5, 5.41) is 9.48. The van der Waals surface area contributed by atoms with E-state index in [1.165, 1.54) is 11.3 Å². The number of benzene rings is 1. The van der Waals surface area contributed by atoms with Gasteiger partial charge in [-0.05, 0) is 12.1 Å². The average molecular weight is 251 g/mol. The van der Waals surface area contributed by atoms with Crippen molar-refractivity contribution in [2.24, 2.45) is 0 Å². The first kappa shape index (κ1) is 10.9. The van der Waals surface area contributed by atoms with Crippen LogP contribution in [0.4, 0.5) is 0 Å². The molecule has 0 unspecified atom stereocenters. The van der Waals surface area contributed by atoms with Gasteiger partial charge in [-0.25, -0.2) is 4.98 Å². The number of ether oxygens (including phenoxy) is 1. The van der Waals surface area contributed by atoms with E-state index >= 15 is 0 Å². The molecule has 5 heteroatoms. The molecule has 0 saturated carbocycles. The van der Waals surface area contributed by atoms with Gasteiger partial charge >= 0.3 is 0 Å². The second kappa shape index (κ2) is 4.52. The number of halogens is 1. The highest BCUT2D eigenvalue weighted by Gasteiger charge is 2.13. The summed E-state index contributed by atoms with van der Waals surface area (Å²) in [5.74, 6) is 0.720. The van der Waals surface area contributed by atoms with Crippen molar-refractivity contribution < 1.29 is 4.74 Å². The molecule has 2 rings (SSSR count). The lowest BCUT2D eigenvalue weighted by Gasteiger charge is -2.04. The maximum atomic E-state index is 8.78. The summed E-state index contributed by atoms with van der Waals surface area (Å²) in [6.07, 6.45) is 0. The Balaban J connectivity index is 2.55. The topological polar surface area (TPSA) is 45.9 Å². The van der Waals surface area contributed by atoms with Gasteiger partial charge < -0.3 is 4.74 Å². The normalized spacial score (nSPS) is 9.81. The number of nitrogens with zero attached hydrogens (tertiary/aromatic N) is 2. The van der Waals surface area contributed by atoms with Crippen LogP contribution in [0.5, 0.6) is 5.75 Å². The van der Waals surface area contributed by atoms with Crippen molar-refractivity contribution >= 4 is 22.9 Å². The highest BCUT2D eigenvalue weighted by Crippen LogP contribution is 2.36. The first-order valence-corrected chi connectivity index (χ1v) is 5.65. The van der Waals surface area contributed by atoms with Crippen LogP contribution in [0.25, 0.3) is 10.6 Å². The molecule has 0 atom stereocenters. The third kappa shape index (κ3) is 1.87. The lowest BCUT2D eigenvalue weighted by Crippen LogP contribution is -1.86. The number of hydrogen-bond acceptors (Lipinski definition) is 4. The van der Waals surface area contributed by atoms with Crippen molar-refractivity contribution in [1.29, 1.82) is 5.26 Å². The Labute approximate surface area is 102 Å². The molecule has 0 fully saturated rings. The van der Waals surface area contributed by atoms with E-state index in [2.05, 4.69) is 4.98 Å². The minimum atomic E-state index is 0.257. The molecule has 80 valence electrons. The summed E-state index contributed by atoms with van der Waals surface area (Å²) >= 11 is 7.16. The van der Waals surface area contributed by atoms with Crippen molar-refractivity contribution in [1.82, 2.24) is 4.98 Å². The summed E-state index contributed by atoms with van der Waals surface area (Å²) in [6, 6.07) is 9.44. The lowest BCUT2D eigenvalue weighted by molar-refractivity contribution is 0.416. The van der Waals surface area contributed by atoms with Crippen molar-refractivity contribution in [3.05, 3.63) is 34.3 Å². The molecule has 0 aliphatic heterocycles. The minimum Gasteiger partial charge on any atom is -0.496 e. The van der Waals surface area contributed by atoms with E-state index < -0.39 is 0 Å². The Morgan fingerprint density at radius 1 is 1.44 bits per heavy atom. The molecule has 16 heavy (non-hydrogen) atoms. The zero-order chi connectivity index (χ0) is 11.5. The van der Waals surface area contributed by atoms with Gasteiger partial charge in [-0.3, -0.25) is 0 Å². The maximum absolute atomic E-state index is 8.78. The Bertz CT molecular complexity index is 559. The summed E-state index contributed by atoms with van der Waals surface area (Å²) in [7, 11) is 1.60. The second-order valence-corrected chi connectivity index (χ2v) is 4.55. The molecule has 0 N–H and O–H groups in total. The van der Waals surface area contributed by atoms with Crippen LogP contribution in [-0.2, 0) is 0 Å². The predicted octanol–water partition coefficient (Wildman–Crippen LogP) is 3.34. The lowest BCUT2D eigenvalue weighted by atomic mass is 10.2. The molecule has 0 radical (unpaired) electrons. The predicted molar refractivity (Wildman–Crippen MR) is 63.8 cm³/mol. The molecular formula is C11H7ClN2OS. The molecule has 1 aromatic heterocycles. The van der Waals surface area contributed by atoms with Gasteiger partial charge in [-0.2, -0.15) is 5.26 Å². The molecule has 2 aromatic rings. The highest BCUT2D eigenvalue weighted by atomic mass is 35.5. The average Bonchev–Trinajstić information content (AvgIpc) is 2.70. The van der Waals surface area contributed by atoms with Crippen LogP contribution in [-0.4, -0.2) is 12.1 Å². The van der Waals surface area contributed by atoms with Crippen LogP contribution >= 0.6 is 22.9 Å². The second-order valence-electron chi connectivity index (χ2n) is 2.95. The van der Waals surface area contributed by atoms with Gasteiger partial charge in [0.25, 0.3) is 0 Å². The maximum Gasteiger partial charge on any atom is 0.170 e. The highest BCUT2D eigenvalue weighted by molar-refractivity contribution is 7.19. The van der Waals surface area contributed by atoms with Crippen LogP contribution in [0.1, 0.15) is 5.69 Å². The first-order valence-electron chi connectivity index (χ1n) is 4.46. The zero-order valence-electron chi connectivity index (χ0n) is 8.40. The van der Waals surface area contributed by atoms with E-state index in [1.807, 2.05) is 30.3 Å². The van der Waals surface area contributed by atoms with Crippen LogP contribution in [0.15, 0.2) is 24.3 Å². The molecule has 1 heterocycles. The van der Waals surface area contributed by atoms with Gasteiger partial charge in [-0.15, -0.1) is 11.3 Å². The number of para-hydroxylation sites is 1. The van der Waals surface area contributed by atoms with Gasteiger partial charge in [-0.1, -0.05) is 23.7 Å². The van der Waals surface area contributed by atoms with Gasteiger partial charge in [0.05, 0.1) is 12.7 Å². The fourth-order valence-electron chi connectivity index (χ4n) is 1.31. The molecule has 3 nitrogen and oxygen atoms in total. The summed E-state index contributed by atoms with van der Waals surface area (Å²) in [4.78, 5) is 4.15. The van der Waals surface area contributed by atoms with E-state index in [0.717, 1.165) is 11.3 Å². The van der Waals surface area contributed by atoms with Crippen molar-refractivity contribution in [3.8, 4) is 22.4 Å². The molecule has 0 aliphatic rings. The first-order chi connectivity index (χ1) is 7.76. The summed E-state index contributed by atoms with van der Waals surface area (Å²) in [5.41, 5.74) is 1.10. The smallest absolute Gasteiger partial charge is 0.170 e. The molecular weight excluding hydrogens is 244 g/mol. The zero-order valence-corrected chi connectivity index (χ0v) is 9.97. The number of aromatic nitrogens is 1. The largest absolute Gasteiger partial charge is 0.496 e. The molecule has 0 amide bonds. The van der Waals surface area contributed by atoms with Crippen molar-refractivity contribution in [2.75, 3.05) is 7.11 Å². The van der Waals surface area contributed by atoms with Gasteiger partial charge in [0, 0.05) is 0 Å². The fraction of sp³-hybridized carbons (Fsp3) is 0.0909. The van der Waals surface area contributed by atoms with E-state index in [0.29, 0.717) is 9.34 Å². The van der Waals surface area contributed by atoms with Crippen LogP contribution in [0.2, 0.25) is 4.34 Å². The third-order valence-corrected chi connectivity index (χ3v) is 3.32. The molecule has 0 aliphatic carbocycles. The SMILES string of the molecule is COc1ccccc1-c1nc(C#N)c(Cl)s1. The fourth-order valence-corrected chi connectivity index (χ4v) is 2.38. The molecule has 0 spiro atoms. The molecule has 0 saturated heterocycles. The standard InChI is InChI=1S/C11H7ClN2OS/c1-15-9-5-3-2-4-7(9)11-14-8(6-13)10(12)16-11/h2-5H,1H3. The van der Waals surface area contributed by atoms with E-state index in [1.54, 1.807) is 7.11 Å².